The number of nitriles is 1. The summed E-state index contributed by atoms with van der Waals surface area (Å²) >= 11 is 0. The first-order valence-electron chi connectivity index (χ1n) is 4.98. The molecule has 1 heterocycles. The van der Waals surface area contributed by atoms with Crippen LogP contribution in [0.1, 0.15) is 20.3 Å². The lowest BCUT2D eigenvalue weighted by atomic mass is 9.90. The third-order valence-electron chi connectivity index (χ3n) is 2.22. The molecule has 2 atom stereocenters. The van der Waals surface area contributed by atoms with Crippen molar-refractivity contribution < 1.29 is 28.0 Å². The average Bonchev–Trinajstić information content (AvgIpc) is 2.45. The van der Waals surface area contributed by atoms with Crippen LogP contribution in [0, 0.1) is 16.7 Å². The number of phosphoric acid groups is 1. The van der Waals surface area contributed by atoms with E-state index >= 15 is 0 Å². The molecule has 0 aromatic carbocycles. The second kappa shape index (κ2) is 5.15. The van der Waals surface area contributed by atoms with E-state index in [4.69, 9.17) is 14.5 Å². The molecule has 0 saturated carbocycles. The van der Waals surface area contributed by atoms with Crippen LogP contribution in [-0.4, -0.2) is 30.2 Å². The van der Waals surface area contributed by atoms with Crippen molar-refractivity contribution in [2.24, 2.45) is 5.41 Å². The summed E-state index contributed by atoms with van der Waals surface area (Å²) in [5, 5.41) is 8.26. The van der Waals surface area contributed by atoms with Crippen molar-refractivity contribution in [3.8, 4) is 6.07 Å². The van der Waals surface area contributed by atoms with E-state index in [2.05, 4.69) is 4.52 Å². The topological polar surface area (TPSA) is 106 Å². The van der Waals surface area contributed by atoms with E-state index < -0.39 is 25.3 Å². The number of nitrogens with zero attached hydrogens (tertiary/aromatic N) is 1. The Morgan fingerprint density at radius 2 is 2.35 bits per heavy atom. The minimum absolute atomic E-state index is 0.0353. The normalized spacial score (nSPS) is 26.0. The van der Waals surface area contributed by atoms with Crippen LogP contribution in [0.5, 0.6) is 0 Å². The van der Waals surface area contributed by atoms with Gasteiger partial charge in [0, 0.05) is 5.41 Å². The molecule has 0 aromatic heterocycles. The molecule has 7 nitrogen and oxygen atoms in total. The lowest BCUT2D eigenvalue weighted by molar-refractivity contribution is -0.144. The number of esters is 1. The lowest BCUT2D eigenvalue weighted by Gasteiger charge is -2.23. The summed E-state index contributed by atoms with van der Waals surface area (Å²) in [5.41, 5.74) is -0.686. The molecule has 0 aromatic rings. The number of carbonyl (C=O) groups is 1. The Balaban J connectivity index is 2.61. The fourth-order valence-corrected chi connectivity index (χ4v) is 2.30. The second-order valence-electron chi connectivity index (χ2n) is 4.29. The van der Waals surface area contributed by atoms with Gasteiger partial charge in [0.25, 0.3) is 0 Å². The zero-order valence-corrected chi connectivity index (χ0v) is 10.5. The van der Waals surface area contributed by atoms with Gasteiger partial charge < -0.3 is 9.63 Å². The van der Waals surface area contributed by atoms with E-state index in [1.165, 1.54) is 0 Å². The Morgan fingerprint density at radius 1 is 1.71 bits per heavy atom. The number of hydrogen-bond donors (Lipinski definition) is 1. The van der Waals surface area contributed by atoms with Crippen molar-refractivity contribution in [3.05, 3.63) is 0 Å². The monoisotopic (exact) mass is 263 g/mol. The van der Waals surface area contributed by atoms with Crippen LogP contribution >= 0.6 is 7.82 Å². The van der Waals surface area contributed by atoms with Crippen molar-refractivity contribution in [3.63, 3.8) is 0 Å². The minimum atomic E-state index is -4.34. The number of cyclic esters (lactones) is 1. The zero-order chi connectivity index (χ0) is 13.1. The Kier molecular flexibility index (Phi) is 4.28. The molecule has 1 N–H and O–H groups in total. The van der Waals surface area contributed by atoms with Crippen molar-refractivity contribution in [2.75, 3.05) is 13.2 Å². The summed E-state index contributed by atoms with van der Waals surface area (Å²) in [6.45, 7) is 3.25. The van der Waals surface area contributed by atoms with Gasteiger partial charge in [0.1, 0.15) is 0 Å². The van der Waals surface area contributed by atoms with Crippen LogP contribution in [0.4, 0.5) is 0 Å². The third-order valence-corrected chi connectivity index (χ3v) is 3.20. The maximum Gasteiger partial charge on any atom is 0.473 e. The van der Waals surface area contributed by atoms with Gasteiger partial charge in [0.2, 0.25) is 0 Å². The van der Waals surface area contributed by atoms with Crippen LogP contribution < -0.4 is 0 Å². The summed E-state index contributed by atoms with van der Waals surface area (Å²) in [7, 11) is -4.34. The number of phosphoric ester groups is 1. The van der Waals surface area contributed by atoms with Crippen LogP contribution in [0.3, 0.4) is 0 Å². The fourth-order valence-electron chi connectivity index (χ4n) is 1.28. The Labute approximate surface area is 98.9 Å². The molecule has 96 valence electrons. The lowest BCUT2D eigenvalue weighted by Crippen LogP contribution is -2.32. The van der Waals surface area contributed by atoms with Gasteiger partial charge >= 0.3 is 13.8 Å². The Morgan fingerprint density at radius 3 is 2.82 bits per heavy atom. The molecule has 2 unspecified atom stereocenters. The van der Waals surface area contributed by atoms with Gasteiger partial charge in [-0.1, -0.05) is 13.8 Å². The highest BCUT2D eigenvalue weighted by Crippen LogP contribution is 2.49. The number of carbonyl (C=O) groups excluding carboxylic acids is 1. The van der Waals surface area contributed by atoms with Gasteiger partial charge in [0.05, 0.1) is 25.7 Å². The van der Waals surface area contributed by atoms with E-state index in [9.17, 15) is 14.3 Å². The maximum absolute atomic E-state index is 11.5. The first-order chi connectivity index (χ1) is 7.78. The van der Waals surface area contributed by atoms with E-state index in [0.717, 1.165) is 0 Å². The van der Waals surface area contributed by atoms with Gasteiger partial charge in [-0.15, -0.1) is 0 Å². The smallest absolute Gasteiger partial charge is 0.463 e. The highest BCUT2D eigenvalue weighted by atomic mass is 31.2. The molecule has 1 aliphatic rings. The molecule has 0 amide bonds. The van der Waals surface area contributed by atoms with E-state index in [1.807, 2.05) is 0 Å². The fraction of sp³-hybridized carbons (Fsp3) is 0.778. The largest absolute Gasteiger partial charge is 0.473 e. The van der Waals surface area contributed by atoms with Crippen LogP contribution in [0.15, 0.2) is 0 Å². The van der Waals surface area contributed by atoms with Gasteiger partial charge in [0.15, 0.2) is 6.10 Å². The highest BCUT2D eigenvalue weighted by molar-refractivity contribution is 7.47. The second-order valence-corrected chi connectivity index (χ2v) is 5.70. The van der Waals surface area contributed by atoms with Crippen LogP contribution in [0.25, 0.3) is 0 Å². The SMILES string of the molecule is CC1(C)COC(=O)C1OP(=O)(O)OCCC#N. The van der Waals surface area contributed by atoms with Gasteiger partial charge in [-0.25, -0.2) is 9.36 Å². The Bertz CT molecular complexity index is 387. The highest BCUT2D eigenvalue weighted by Gasteiger charge is 2.48. The van der Waals surface area contributed by atoms with Crippen molar-refractivity contribution in [1.82, 2.24) is 0 Å². The molecule has 1 saturated heterocycles. The molecule has 1 aliphatic heterocycles. The zero-order valence-electron chi connectivity index (χ0n) is 9.58. The first-order valence-corrected chi connectivity index (χ1v) is 6.47. The third kappa shape index (κ3) is 3.79. The average molecular weight is 263 g/mol. The standard InChI is InChI=1S/C9H14NO6P/c1-9(2)6-14-8(11)7(9)16-17(12,13)15-5-3-4-10/h7H,3,5-6H2,1-2H3,(H,12,13). The van der Waals surface area contributed by atoms with Crippen LogP contribution in [0.2, 0.25) is 0 Å². The summed E-state index contributed by atoms with van der Waals surface area (Å²) < 4.78 is 25.5. The predicted octanol–water partition coefficient (Wildman–Crippen LogP) is 0.985. The quantitative estimate of drug-likeness (QED) is 0.447. The number of ether oxygens (including phenoxy) is 1. The molecule has 17 heavy (non-hydrogen) atoms. The predicted molar refractivity (Wildman–Crippen MR) is 55.6 cm³/mol. The first kappa shape index (κ1) is 14.1. The summed E-state index contributed by atoms with van der Waals surface area (Å²) in [5.74, 6) is -0.687. The summed E-state index contributed by atoms with van der Waals surface area (Å²) in [6.07, 6.45) is -1.17. The Hall–Kier alpha value is -0.930. The minimum Gasteiger partial charge on any atom is -0.463 e. The summed E-state index contributed by atoms with van der Waals surface area (Å²) in [6, 6.07) is 1.75. The molecule has 0 aliphatic carbocycles. The van der Waals surface area contributed by atoms with E-state index in [1.54, 1.807) is 19.9 Å². The number of hydrogen-bond acceptors (Lipinski definition) is 6. The molecule has 0 radical (unpaired) electrons. The van der Waals surface area contributed by atoms with Gasteiger partial charge in [-0.3, -0.25) is 9.05 Å². The van der Waals surface area contributed by atoms with Gasteiger partial charge in [-0.2, -0.15) is 5.26 Å². The van der Waals surface area contributed by atoms with Crippen molar-refractivity contribution >= 4 is 13.8 Å². The van der Waals surface area contributed by atoms with Gasteiger partial charge in [-0.05, 0) is 0 Å². The molecular weight excluding hydrogens is 249 g/mol. The molecule has 1 fully saturated rings. The van der Waals surface area contributed by atoms with Crippen LogP contribution in [-0.2, 0) is 23.1 Å². The molecular formula is C9H14NO6P. The van der Waals surface area contributed by atoms with E-state index in [-0.39, 0.29) is 19.6 Å². The molecule has 1 rings (SSSR count). The summed E-state index contributed by atoms with van der Waals surface area (Å²) in [4.78, 5) is 20.7. The van der Waals surface area contributed by atoms with Crippen molar-refractivity contribution in [1.29, 1.82) is 5.26 Å². The molecule has 8 heteroatoms. The van der Waals surface area contributed by atoms with E-state index in [0.29, 0.717) is 0 Å². The number of rotatable bonds is 5. The molecule has 0 spiro atoms. The molecule has 0 bridgehead atoms. The van der Waals surface area contributed by atoms with Crippen molar-refractivity contribution in [2.45, 2.75) is 26.4 Å². The maximum atomic E-state index is 11.5.